The summed E-state index contributed by atoms with van der Waals surface area (Å²) in [5.41, 5.74) is -2.02. The van der Waals surface area contributed by atoms with E-state index in [1.165, 1.54) is 69.9 Å². The second kappa shape index (κ2) is 14.1. The number of nitrogens with zero attached hydrogens (tertiary/aromatic N) is 2. The van der Waals surface area contributed by atoms with Crippen molar-refractivity contribution in [2.24, 2.45) is 5.92 Å². The van der Waals surface area contributed by atoms with E-state index in [2.05, 4.69) is 0 Å². The lowest BCUT2D eigenvalue weighted by molar-refractivity contribution is -0.121. The van der Waals surface area contributed by atoms with Gasteiger partial charge in [0, 0.05) is 30.8 Å². The van der Waals surface area contributed by atoms with Gasteiger partial charge in [-0.05, 0) is 75.8 Å². The van der Waals surface area contributed by atoms with Gasteiger partial charge in [0.1, 0.15) is 39.0 Å². The van der Waals surface area contributed by atoms with Gasteiger partial charge in [-0.1, -0.05) is 42.6 Å². The maximum Gasteiger partial charge on any atom is 0.410 e. The zero-order valence-corrected chi connectivity index (χ0v) is 30.1. The number of benzene rings is 3. The van der Waals surface area contributed by atoms with Crippen molar-refractivity contribution in [1.29, 1.82) is 0 Å². The Morgan fingerprint density at radius 1 is 0.959 bits per heavy atom. The molecule has 3 aromatic carbocycles. The number of halogens is 2. The molecule has 264 valence electrons. The molecule has 1 saturated heterocycles. The molecule has 0 N–H and O–H groups in total. The standard InChI is InChI=1S/C36H42ClFN2O8S/c1-35(2,3)48-34(42)39-18-15-23(16-19-39)10-9-17-36(25-11-7-8-12-28(25)38)26-21-27(37)30(46-5)22-29(26)40(33(36)41)49(43,44)32-14-13-24(45-4)20-31(32)47-6/h7-8,11-14,20-23H,9-10,15-19H2,1-6H3. The van der Waals surface area contributed by atoms with Gasteiger partial charge in [-0.15, -0.1) is 0 Å². The van der Waals surface area contributed by atoms with E-state index in [1.54, 1.807) is 11.0 Å². The van der Waals surface area contributed by atoms with Gasteiger partial charge in [0.2, 0.25) is 0 Å². The lowest BCUT2D eigenvalue weighted by atomic mass is 9.71. The summed E-state index contributed by atoms with van der Waals surface area (Å²) in [6.07, 6.45) is 2.35. The second-order valence-electron chi connectivity index (χ2n) is 13.3. The zero-order valence-electron chi connectivity index (χ0n) is 28.5. The highest BCUT2D eigenvalue weighted by atomic mass is 35.5. The number of carbonyl (C=O) groups excluding carboxylic acids is 2. The molecular weight excluding hydrogens is 675 g/mol. The third kappa shape index (κ3) is 6.90. The van der Waals surface area contributed by atoms with Gasteiger partial charge in [0.05, 0.1) is 32.0 Å². The largest absolute Gasteiger partial charge is 0.497 e. The molecule has 2 aliphatic rings. The Bertz CT molecular complexity index is 1840. The topological polar surface area (TPSA) is 112 Å². The first-order valence-electron chi connectivity index (χ1n) is 16.1. The number of amides is 2. The Morgan fingerprint density at radius 2 is 1.63 bits per heavy atom. The monoisotopic (exact) mass is 716 g/mol. The van der Waals surface area contributed by atoms with E-state index in [1.807, 2.05) is 20.8 Å². The summed E-state index contributed by atoms with van der Waals surface area (Å²) in [5, 5.41) is 0.144. The normalized spacial score (nSPS) is 18.3. The summed E-state index contributed by atoms with van der Waals surface area (Å²) in [4.78, 5) is 29.0. The van der Waals surface area contributed by atoms with E-state index in [0.29, 0.717) is 31.7 Å². The summed E-state index contributed by atoms with van der Waals surface area (Å²) in [6, 6.07) is 13.0. The molecule has 2 amide bonds. The van der Waals surface area contributed by atoms with Crippen LogP contribution in [0, 0.1) is 11.7 Å². The van der Waals surface area contributed by atoms with Crippen LogP contribution in [0.15, 0.2) is 59.5 Å². The molecule has 13 heteroatoms. The number of anilines is 1. The SMILES string of the molecule is COc1ccc(S(=O)(=O)N2C(=O)C(CCCC3CCN(C(=O)OC(C)(C)C)CC3)(c3ccccc3F)c3cc(Cl)c(OC)cc32)c(OC)c1. The number of hydrogen-bond acceptors (Lipinski definition) is 8. The Hall–Kier alpha value is -4.03. The molecule has 0 bridgehead atoms. The second-order valence-corrected chi connectivity index (χ2v) is 15.4. The number of sulfonamides is 1. The Balaban J connectivity index is 1.54. The maximum atomic E-state index is 15.9. The molecule has 5 rings (SSSR count). The lowest BCUT2D eigenvalue weighted by Crippen LogP contribution is -2.44. The van der Waals surface area contributed by atoms with Gasteiger partial charge in [-0.25, -0.2) is 21.9 Å². The molecule has 0 spiro atoms. The molecule has 0 radical (unpaired) electrons. The average molecular weight is 717 g/mol. The van der Waals surface area contributed by atoms with Gasteiger partial charge in [0.25, 0.3) is 15.9 Å². The molecule has 0 aromatic heterocycles. The number of fused-ring (bicyclic) bond motifs is 1. The fourth-order valence-corrected chi connectivity index (χ4v) is 8.62. The Labute approximate surface area is 292 Å². The molecule has 0 aliphatic carbocycles. The van der Waals surface area contributed by atoms with Crippen molar-refractivity contribution in [3.63, 3.8) is 0 Å². The number of likely N-dealkylation sites (tertiary alicyclic amines) is 1. The van der Waals surface area contributed by atoms with E-state index >= 15 is 4.39 Å². The van der Waals surface area contributed by atoms with Crippen LogP contribution in [0.1, 0.15) is 64.0 Å². The van der Waals surface area contributed by atoms with Gasteiger partial charge >= 0.3 is 6.09 Å². The van der Waals surface area contributed by atoms with E-state index < -0.39 is 32.8 Å². The fourth-order valence-electron chi connectivity index (χ4n) is 6.76. The number of hydrogen-bond donors (Lipinski definition) is 0. The summed E-state index contributed by atoms with van der Waals surface area (Å²) < 4.78 is 67.4. The van der Waals surface area contributed by atoms with Crippen molar-refractivity contribution in [2.45, 2.75) is 68.8 Å². The number of piperidine rings is 1. The molecule has 49 heavy (non-hydrogen) atoms. The van der Waals surface area contributed by atoms with Crippen LogP contribution in [0.5, 0.6) is 17.2 Å². The Morgan fingerprint density at radius 3 is 2.24 bits per heavy atom. The highest BCUT2D eigenvalue weighted by molar-refractivity contribution is 7.93. The van der Waals surface area contributed by atoms with Gasteiger partial charge in [0.15, 0.2) is 0 Å². The summed E-state index contributed by atoms with van der Waals surface area (Å²) in [5.74, 6) is -0.785. The Kier molecular flexibility index (Phi) is 10.4. The number of rotatable bonds is 10. The first kappa shape index (κ1) is 36.3. The third-order valence-corrected chi connectivity index (χ3v) is 11.2. The van der Waals surface area contributed by atoms with Crippen molar-refractivity contribution < 1.29 is 41.3 Å². The van der Waals surface area contributed by atoms with Crippen molar-refractivity contribution in [3.05, 3.63) is 76.6 Å². The first-order chi connectivity index (χ1) is 23.2. The van der Waals surface area contributed by atoms with E-state index in [-0.39, 0.29) is 56.7 Å². The molecule has 3 aromatic rings. The highest BCUT2D eigenvalue weighted by Crippen LogP contribution is 2.54. The van der Waals surface area contributed by atoms with Crippen LogP contribution < -0.4 is 18.5 Å². The predicted molar refractivity (Wildman–Crippen MR) is 184 cm³/mol. The molecule has 10 nitrogen and oxygen atoms in total. The maximum absolute atomic E-state index is 15.9. The molecule has 2 heterocycles. The van der Waals surface area contributed by atoms with Crippen molar-refractivity contribution in [1.82, 2.24) is 4.90 Å². The van der Waals surface area contributed by atoms with Gasteiger partial charge in [-0.2, -0.15) is 0 Å². The van der Waals surface area contributed by atoms with Crippen molar-refractivity contribution >= 4 is 39.3 Å². The van der Waals surface area contributed by atoms with Crippen LogP contribution in [0.4, 0.5) is 14.9 Å². The fraction of sp³-hybridized carbons (Fsp3) is 0.444. The number of methoxy groups -OCH3 is 3. The summed E-state index contributed by atoms with van der Waals surface area (Å²) >= 11 is 6.63. The van der Waals surface area contributed by atoms with Crippen LogP contribution in [0.25, 0.3) is 0 Å². The van der Waals surface area contributed by atoms with Crippen LogP contribution in [0.2, 0.25) is 5.02 Å². The first-order valence-corrected chi connectivity index (χ1v) is 17.9. The molecule has 1 fully saturated rings. The van der Waals surface area contributed by atoms with Crippen LogP contribution in [0.3, 0.4) is 0 Å². The smallest absolute Gasteiger partial charge is 0.410 e. The third-order valence-electron chi connectivity index (χ3n) is 9.15. The summed E-state index contributed by atoms with van der Waals surface area (Å²) in [6.45, 7) is 6.55. The van der Waals surface area contributed by atoms with Gasteiger partial charge in [-0.3, -0.25) is 4.79 Å². The molecule has 0 saturated carbocycles. The van der Waals surface area contributed by atoms with Crippen LogP contribution >= 0.6 is 11.6 Å². The van der Waals surface area contributed by atoms with Crippen molar-refractivity contribution in [3.8, 4) is 17.2 Å². The molecule has 2 aliphatic heterocycles. The average Bonchev–Trinajstić information content (AvgIpc) is 3.30. The molecule has 1 atom stereocenters. The minimum Gasteiger partial charge on any atom is -0.497 e. The number of ether oxygens (including phenoxy) is 4. The van der Waals surface area contributed by atoms with Crippen LogP contribution in [-0.4, -0.2) is 65.3 Å². The van der Waals surface area contributed by atoms with Crippen LogP contribution in [-0.2, 0) is 25.0 Å². The predicted octanol–water partition coefficient (Wildman–Crippen LogP) is 7.34. The number of carbonyl (C=O) groups is 2. The minimum atomic E-state index is -4.64. The van der Waals surface area contributed by atoms with E-state index in [9.17, 15) is 18.0 Å². The van der Waals surface area contributed by atoms with Gasteiger partial charge < -0.3 is 23.8 Å². The zero-order chi connectivity index (χ0) is 35.7. The highest BCUT2D eigenvalue weighted by Gasteiger charge is 2.57. The molecular formula is C36H42ClFN2O8S. The lowest BCUT2D eigenvalue weighted by Gasteiger charge is -2.34. The quantitative estimate of drug-likeness (QED) is 0.214. The van der Waals surface area contributed by atoms with E-state index in [4.69, 9.17) is 30.5 Å². The minimum absolute atomic E-state index is 0.0121. The van der Waals surface area contributed by atoms with E-state index in [0.717, 1.165) is 17.1 Å². The van der Waals surface area contributed by atoms with Crippen molar-refractivity contribution in [2.75, 3.05) is 38.7 Å². The summed E-state index contributed by atoms with van der Waals surface area (Å²) in [7, 11) is -0.502. The molecule has 1 unspecified atom stereocenters.